The maximum absolute atomic E-state index is 12.6. The molecular formula is C22H29N3O2S. The molecule has 2 rings (SSSR count). The standard InChI is InChI=1S/C22H29N3O2S/c1-5-16(4)28-17-10-11-19(15(3)12-17)24-21(26)13-20(25-22(23)27)18-9-7-6-8-14(18)2/h6-12,16,20H,5,13H2,1-4H3,(H,24,26)(H3,23,25,27). The fourth-order valence-corrected chi connectivity index (χ4v) is 3.96. The van der Waals surface area contributed by atoms with Gasteiger partial charge >= 0.3 is 6.03 Å². The Bertz CT molecular complexity index is 838. The molecule has 28 heavy (non-hydrogen) atoms. The molecule has 0 aliphatic rings. The summed E-state index contributed by atoms with van der Waals surface area (Å²) in [4.78, 5) is 25.3. The molecule has 2 aromatic carbocycles. The van der Waals surface area contributed by atoms with Gasteiger partial charge in [0, 0.05) is 15.8 Å². The highest BCUT2D eigenvalue weighted by Crippen LogP contribution is 2.29. The molecule has 6 heteroatoms. The van der Waals surface area contributed by atoms with E-state index < -0.39 is 12.1 Å². The van der Waals surface area contributed by atoms with Crippen molar-refractivity contribution in [2.75, 3.05) is 5.32 Å². The van der Waals surface area contributed by atoms with Crippen molar-refractivity contribution in [3.63, 3.8) is 0 Å². The Morgan fingerprint density at radius 3 is 2.43 bits per heavy atom. The van der Waals surface area contributed by atoms with Crippen molar-refractivity contribution in [3.05, 3.63) is 59.2 Å². The molecule has 0 heterocycles. The zero-order valence-corrected chi connectivity index (χ0v) is 17.7. The second-order valence-corrected chi connectivity index (χ2v) is 8.50. The monoisotopic (exact) mass is 399 g/mol. The Morgan fingerprint density at radius 2 is 1.82 bits per heavy atom. The Balaban J connectivity index is 2.10. The predicted octanol–water partition coefficient (Wildman–Crippen LogP) is 4.93. The maximum Gasteiger partial charge on any atom is 0.312 e. The number of thioether (sulfide) groups is 1. The van der Waals surface area contributed by atoms with Crippen LogP contribution in [0.4, 0.5) is 10.5 Å². The summed E-state index contributed by atoms with van der Waals surface area (Å²) in [5, 5.41) is 6.19. The van der Waals surface area contributed by atoms with Crippen LogP contribution < -0.4 is 16.4 Å². The quantitative estimate of drug-likeness (QED) is 0.550. The first kappa shape index (κ1) is 21.8. The second kappa shape index (κ2) is 10.2. The fraction of sp³-hybridized carbons (Fsp3) is 0.364. The van der Waals surface area contributed by atoms with Crippen LogP contribution in [0.15, 0.2) is 47.4 Å². The highest BCUT2D eigenvalue weighted by Gasteiger charge is 2.19. The SMILES string of the molecule is CCC(C)Sc1ccc(NC(=O)CC(NC(N)=O)c2ccccc2C)c(C)c1. The third-order valence-electron chi connectivity index (χ3n) is 4.65. The third-order valence-corrected chi connectivity index (χ3v) is 5.92. The predicted molar refractivity (Wildman–Crippen MR) is 117 cm³/mol. The van der Waals surface area contributed by atoms with Crippen LogP contribution in [0.5, 0.6) is 0 Å². The zero-order chi connectivity index (χ0) is 20.7. The van der Waals surface area contributed by atoms with Gasteiger partial charge in [-0.1, -0.05) is 38.1 Å². The number of nitrogens with one attached hydrogen (secondary N) is 2. The van der Waals surface area contributed by atoms with Gasteiger partial charge in [-0.15, -0.1) is 11.8 Å². The Morgan fingerprint density at radius 1 is 1.11 bits per heavy atom. The lowest BCUT2D eigenvalue weighted by Gasteiger charge is -2.20. The Labute approximate surface area is 171 Å². The lowest BCUT2D eigenvalue weighted by Crippen LogP contribution is -2.35. The van der Waals surface area contributed by atoms with Crippen LogP contribution in [0.1, 0.15) is 49.4 Å². The molecule has 0 aliphatic heterocycles. The molecule has 150 valence electrons. The van der Waals surface area contributed by atoms with Crippen LogP contribution in [0.25, 0.3) is 0 Å². The van der Waals surface area contributed by atoms with E-state index in [4.69, 9.17) is 5.73 Å². The number of anilines is 1. The fourth-order valence-electron chi connectivity index (χ4n) is 2.94. The lowest BCUT2D eigenvalue weighted by atomic mass is 9.98. The summed E-state index contributed by atoms with van der Waals surface area (Å²) in [6, 6.07) is 12.6. The molecule has 5 nitrogen and oxygen atoms in total. The number of amides is 3. The topological polar surface area (TPSA) is 84.2 Å². The first-order valence-corrected chi connectivity index (χ1v) is 10.4. The van der Waals surface area contributed by atoms with Gasteiger partial charge in [-0.2, -0.15) is 0 Å². The first-order chi connectivity index (χ1) is 13.3. The van der Waals surface area contributed by atoms with Crippen molar-refractivity contribution in [1.29, 1.82) is 0 Å². The summed E-state index contributed by atoms with van der Waals surface area (Å²) in [6.07, 6.45) is 1.21. The minimum Gasteiger partial charge on any atom is -0.352 e. The van der Waals surface area contributed by atoms with Crippen LogP contribution in [0.2, 0.25) is 0 Å². The van der Waals surface area contributed by atoms with Crippen molar-refractivity contribution in [3.8, 4) is 0 Å². The van der Waals surface area contributed by atoms with Gasteiger partial charge in [-0.05, 0) is 55.2 Å². The number of primary amides is 1. The van der Waals surface area contributed by atoms with E-state index in [1.807, 2.05) is 62.0 Å². The zero-order valence-electron chi connectivity index (χ0n) is 16.9. The third kappa shape index (κ3) is 6.30. The van der Waals surface area contributed by atoms with Crippen molar-refractivity contribution < 1.29 is 9.59 Å². The molecule has 0 radical (unpaired) electrons. The number of benzene rings is 2. The van der Waals surface area contributed by atoms with Gasteiger partial charge in [0.1, 0.15) is 0 Å². The molecule has 4 N–H and O–H groups in total. The largest absolute Gasteiger partial charge is 0.352 e. The number of hydrogen-bond donors (Lipinski definition) is 3. The van der Waals surface area contributed by atoms with E-state index in [2.05, 4.69) is 30.5 Å². The molecule has 0 saturated heterocycles. The lowest BCUT2D eigenvalue weighted by molar-refractivity contribution is -0.116. The average molecular weight is 400 g/mol. The molecule has 0 saturated carbocycles. The summed E-state index contributed by atoms with van der Waals surface area (Å²) in [5.74, 6) is -0.174. The summed E-state index contributed by atoms with van der Waals surface area (Å²) in [7, 11) is 0. The van der Waals surface area contributed by atoms with E-state index in [1.54, 1.807) is 0 Å². The summed E-state index contributed by atoms with van der Waals surface area (Å²) in [5.41, 5.74) is 8.99. The normalized spacial score (nSPS) is 12.9. The molecular weight excluding hydrogens is 370 g/mol. The van der Waals surface area contributed by atoms with Gasteiger partial charge in [0.25, 0.3) is 0 Å². The minimum atomic E-state index is -0.649. The number of hydrogen-bond acceptors (Lipinski definition) is 3. The van der Waals surface area contributed by atoms with Crippen molar-refractivity contribution >= 4 is 29.4 Å². The van der Waals surface area contributed by atoms with Crippen molar-refractivity contribution in [1.82, 2.24) is 5.32 Å². The van der Waals surface area contributed by atoms with Gasteiger partial charge in [0.05, 0.1) is 12.5 Å². The smallest absolute Gasteiger partial charge is 0.312 e. The van der Waals surface area contributed by atoms with E-state index in [0.717, 1.165) is 28.8 Å². The summed E-state index contributed by atoms with van der Waals surface area (Å²) in [6.45, 7) is 8.30. The van der Waals surface area contributed by atoms with E-state index in [-0.39, 0.29) is 12.3 Å². The van der Waals surface area contributed by atoms with Gasteiger partial charge in [-0.25, -0.2) is 4.79 Å². The highest BCUT2D eigenvalue weighted by atomic mass is 32.2. The van der Waals surface area contributed by atoms with E-state index in [9.17, 15) is 9.59 Å². The van der Waals surface area contributed by atoms with Gasteiger partial charge in [-0.3, -0.25) is 4.79 Å². The van der Waals surface area contributed by atoms with E-state index >= 15 is 0 Å². The second-order valence-electron chi connectivity index (χ2n) is 6.98. The van der Waals surface area contributed by atoms with Crippen LogP contribution in [-0.4, -0.2) is 17.2 Å². The minimum absolute atomic E-state index is 0.108. The van der Waals surface area contributed by atoms with Gasteiger partial charge in [0.15, 0.2) is 0 Å². The Kier molecular flexibility index (Phi) is 7.93. The summed E-state index contributed by atoms with van der Waals surface area (Å²) < 4.78 is 0. The molecule has 3 amide bonds. The maximum atomic E-state index is 12.6. The first-order valence-electron chi connectivity index (χ1n) is 9.48. The van der Waals surface area contributed by atoms with Crippen LogP contribution in [-0.2, 0) is 4.79 Å². The molecule has 0 fully saturated rings. The van der Waals surface area contributed by atoms with E-state index in [0.29, 0.717) is 5.25 Å². The number of carbonyl (C=O) groups excluding carboxylic acids is 2. The molecule has 2 aromatic rings. The molecule has 0 aromatic heterocycles. The molecule has 0 aliphatic carbocycles. The number of urea groups is 1. The summed E-state index contributed by atoms with van der Waals surface area (Å²) >= 11 is 1.83. The number of carbonyl (C=O) groups is 2. The average Bonchev–Trinajstić information content (AvgIpc) is 2.63. The van der Waals surface area contributed by atoms with Gasteiger partial charge in [0.2, 0.25) is 5.91 Å². The molecule has 2 atom stereocenters. The van der Waals surface area contributed by atoms with Crippen molar-refractivity contribution in [2.24, 2.45) is 5.73 Å². The molecule has 2 unspecified atom stereocenters. The van der Waals surface area contributed by atoms with Crippen LogP contribution >= 0.6 is 11.8 Å². The molecule has 0 spiro atoms. The van der Waals surface area contributed by atoms with Crippen LogP contribution in [0, 0.1) is 13.8 Å². The van der Waals surface area contributed by atoms with E-state index in [1.165, 1.54) is 4.90 Å². The van der Waals surface area contributed by atoms with Gasteiger partial charge < -0.3 is 16.4 Å². The van der Waals surface area contributed by atoms with Crippen molar-refractivity contribution in [2.45, 2.75) is 56.7 Å². The Hall–Kier alpha value is -2.47. The molecule has 0 bridgehead atoms. The highest BCUT2D eigenvalue weighted by molar-refractivity contribution is 7.99. The number of nitrogens with two attached hydrogens (primary N) is 1. The number of aryl methyl sites for hydroxylation is 2. The number of rotatable bonds is 8. The van der Waals surface area contributed by atoms with Crippen LogP contribution in [0.3, 0.4) is 0 Å².